The molecule has 0 aliphatic carbocycles. The third-order valence-corrected chi connectivity index (χ3v) is 0.908. The molecule has 0 atom stereocenters. The molecule has 0 fully saturated rings. The van der Waals surface area contributed by atoms with E-state index in [0.717, 1.165) is 5.34 Å². The van der Waals surface area contributed by atoms with E-state index < -0.39 is 41.8 Å². The Hall–Kier alpha value is 177. The van der Waals surface area contributed by atoms with Crippen molar-refractivity contribution in [2.75, 3.05) is 19.8 Å². The van der Waals surface area contributed by atoms with Gasteiger partial charge >= 0.3 is 3490 Å². The van der Waals surface area contributed by atoms with Gasteiger partial charge in [-0.1, -0.05) is 5.54 Å². The fraction of sp³-hybridized carbons (Fsp3) is 1.00. The predicted octanol–water partition coefficient (Wildman–Crippen LogP) is -44.3. The Morgan fingerprint density at radius 1 is 0.185 bits per heavy atom. The molecule has 0 bridgehead atoms. The molecule has 0 unspecified atom stereocenters. The van der Waals surface area contributed by atoms with Crippen LogP contribution >= 0.6 is 18.8 Å². The summed E-state index contributed by atoms with van der Waals surface area (Å²) in [6.45, 7) is -1.54. The average molecular weight is 4690 g/mol. The van der Waals surface area contributed by atoms with E-state index in [4.69, 9.17) is 50.0 Å². The molecule has 0 saturated heterocycles. The minimum absolute atomic E-state index is 0. The van der Waals surface area contributed by atoms with Crippen LogP contribution in [-0.2, 0) is 16.5 Å². The van der Waals surface area contributed by atoms with Crippen molar-refractivity contribution in [3.8, 4) is 0 Å². The Morgan fingerprint density at radius 2 is 0.202 bits per heavy atom. The first-order valence-electron chi connectivity index (χ1n) is 55.9. The molecule has 218 valence electrons. The van der Waals surface area contributed by atoms with Gasteiger partial charge in [0.2, 0.25) is 0 Å². The molecule has 0 aromatic rings. The molecule has 0 saturated carbocycles. The van der Waals surface area contributed by atoms with Crippen LogP contribution in [0.15, 0.2) is 5.34 Å². The molecule has 120 heteroatoms. The summed E-state index contributed by atoms with van der Waals surface area (Å²) in [4.78, 5) is 8.00. The molecule has 0 aliphatic rings. The Balaban J connectivity index is -0.00000000554. The quantitative estimate of drug-likeness (QED) is 0.143. The maximum absolute atomic E-state index is 8.28. The van der Waals surface area contributed by atoms with Gasteiger partial charge in [-0.15, -0.1) is 5.34 Å². The Labute approximate surface area is 3300 Å². The number of rotatable bonds is 3. The van der Waals surface area contributed by atoms with Crippen LogP contribution in [0.25, 0.3) is 18.0 Å². The van der Waals surface area contributed by atoms with E-state index in [1.54, 1.807) is 0 Å². The van der Waals surface area contributed by atoms with Crippen LogP contribution in [-0.4, -0.2) is 3390 Å². The van der Waals surface area contributed by atoms with Crippen LogP contribution in [0.2, 0.25) is 0 Å². The standard InChI is InChI=1S/C4H10NO3.2ClH.108K.HNO2.2H2N.Pt.2H/c5-4(1-6,2-7)3-8;;;;;;;;;;;;;;;;;;;;;;;;;;;;;;;;;;;;;;;;;;;;;;;;;;;;;;;;;;;;;;;;;;;;;;;;;;;;;;;;;;;;;;;;;;;;;;;;;;;;;;;;;;;;;;;2-1-3;;;;;/h5-8H,1-3H2;2*1H;;;;;;;;;;;;;;;;;;;;;;;;;;;;;;;;;;;;;;;;;;;;;;;;;;;;;;;;;;;;;;;;;;;;;;;;;;;;;;;;;;;;;;;;;;;;;;;;;;;;;;;;;;;;;(H,2,3);2*1H2;;;/q-1;;;;;;;;;;;;;;;;;;;;;;;;;;;;;;;;;;;;;;;;;;;;;;;;;;;;;;;;;;;;;;;;;;;;;;;;;;;;;;;;;;;;;;;;;;;;;;;;;;;;;;;;;;;;;2*+1;;2*-1;+2;2*-1/p-3. The fourth-order valence-corrected chi connectivity index (χ4v) is 0.150. The summed E-state index contributed by atoms with van der Waals surface area (Å²) < 4.78 is 0. The van der Waals surface area contributed by atoms with Gasteiger partial charge in [0.25, 0.3) is 0 Å². The molecular weight excluding hydrogens is 4670 g/mol. The first-order valence-corrected chi connectivity index (χ1v) is 909. The third-order valence-electron chi connectivity index (χ3n) is 0.908. The van der Waals surface area contributed by atoms with Gasteiger partial charge in [0, 0.05) is 19.8 Å². The van der Waals surface area contributed by atoms with E-state index in [1.165, 1.54) is 3350 Å². The third kappa shape index (κ3) is 767. The summed E-state index contributed by atoms with van der Waals surface area (Å²) in [6.07, 6.45) is 0. The number of aliphatic hydroxyl groups excluding tert-OH is 3. The van der Waals surface area contributed by atoms with E-state index in [-0.39, 0.29) is 118 Å². The summed E-state index contributed by atoms with van der Waals surface area (Å²) in [5, 5.41) is 33.8. The summed E-state index contributed by atoms with van der Waals surface area (Å²) in [5.41, 5.74) is 5.46. The van der Waals surface area contributed by atoms with Crippen molar-refractivity contribution in [2.45, 2.75) is 5.54 Å². The molecule has 0 spiro atoms. The van der Waals surface area contributed by atoms with E-state index in [0.29, 0.717) is 0 Å². The molecule has 0 aromatic heterocycles. The second kappa shape index (κ2) is 759. The summed E-state index contributed by atoms with van der Waals surface area (Å²) in [5.74, 6) is 0. The zero-order chi connectivity index (χ0) is 118. The van der Waals surface area contributed by atoms with Crippen LogP contribution in [0.4, 0.5) is 0 Å². The number of nitrogens with zero attached hydrogens (tertiary/aromatic N) is 1. The topological polar surface area (TPSA) is 204 Å². The first kappa shape index (κ1) is 467. The summed E-state index contributed by atoms with van der Waals surface area (Å²) in [7, 11) is 9.75. The summed E-state index contributed by atoms with van der Waals surface area (Å²) in [6, 6.07) is 0. The van der Waals surface area contributed by atoms with Crippen molar-refractivity contribution >= 4 is 3370 Å². The van der Waals surface area contributed by atoms with Crippen molar-refractivity contribution in [2.24, 2.45) is 5.34 Å². The molecule has 0 aromatic carbocycles. The van der Waals surface area contributed by atoms with Crippen LogP contribution in [0.5, 0.6) is 0 Å². The van der Waals surface area contributed by atoms with Gasteiger partial charge < -0.3 is 46.3 Å². The van der Waals surface area contributed by atoms with Gasteiger partial charge in [0.1, 0.15) is 0 Å². The minimum Gasteiger partial charge on any atom is -0.693 e. The Kier molecular flexibility index (Phi) is 2850. The van der Waals surface area contributed by atoms with Gasteiger partial charge in [0.05, 0.1) is 0 Å². The first-order chi connectivity index (χ1) is 59.5. The maximum atomic E-state index is 8.28. The van der Waals surface area contributed by atoms with Crippen LogP contribution < -0.4 is 103 Å². The molecule has 0 radical (unpaired) electrons. The zero-order valence-corrected chi connectivity index (χ0v) is 457. The van der Waals surface area contributed by atoms with Crippen LogP contribution in [0.1, 0.15) is 2.85 Å². The van der Waals surface area contributed by atoms with Gasteiger partial charge in [-0.05, 0) is 0 Å². The normalized spacial score (nSPS) is 4.47. The summed E-state index contributed by atoms with van der Waals surface area (Å²) >= 11 is 132. The number of halogens is 2. The molecule has 0 heterocycles. The molecule has 8 N–H and O–H groups in total. The molecule has 0 aliphatic heterocycles. The smallest absolute Gasteiger partial charge is 0.0340 e. The zero-order valence-electron chi connectivity index (χ0n) is 118. The number of hydrogen-bond donors (Lipinski definition) is 3. The monoisotopic (exact) mass is 4670 g/mol. The second-order valence-corrected chi connectivity index (χ2v) is 5.16. The van der Waals surface area contributed by atoms with Gasteiger partial charge in [-0.25, -0.2) is 0 Å². The number of nitrogens with two attached hydrogens (primary N) is 2. The van der Waals surface area contributed by atoms with Crippen molar-refractivity contribution in [3.63, 3.8) is 0 Å². The second-order valence-electron chi connectivity index (χ2n) is 1.87. The van der Waals surface area contributed by atoms with E-state index in [2.05, 4.69) is 0 Å². The fourth-order valence-electron chi connectivity index (χ4n) is 0.150. The van der Waals surface area contributed by atoms with E-state index >= 15 is 0 Å². The minimum atomic E-state index is -1.46. The Bertz CT molecular complexity index is 198. The van der Waals surface area contributed by atoms with Crippen molar-refractivity contribution in [3.05, 3.63) is 28.1 Å². The van der Waals surface area contributed by atoms with Gasteiger partial charge in [0.15, 0.2) is 0 Å². The number of aliphatic hydroxyl groups is 3. The van der Waals surface area contributed by atoms with E-state index in [9.17, 15) is 0 Å². The van der Waals surface area contributed by atoms with Crippen LogP contribution in [0.3, 0.4) is 0 Å². The molecule has 0 rings (SSSR count). The van der Waals surface area contributed by atoms with Gasteiger partial charge in [-0.2, -0.15) is 0 Å². The molecular formula is C4H16Cl2K108N4O5Pt-4. The van der Waals surface area contributed by atoms with Gasteiger partial charge in [-0.3, -0.25) is 0 Å². The maximum Gasteiger partial charge on any atom is 0.0340 e. The molecule has 0 amide bonds. The Morgan fingerprint density at radius 3 is 0.202 bits per heavy atom. The largest absolute Gasteiger partial charge is 0.693 e. The number of hydrogen-bond acceptors (Lipinski definition) is 6. The van der Waals surface area contributed by atoms with Crippen LogP contribution in [0, 0.1) is 10.1 Å². The van der Waals surface area contributed by atoms with Crippen molar-refractivity contribution < 1.29 is 137 Å². The van der Waals surface area contributed by atoms with Crippen molar-refractivity contribution in [1.82, 2.24) is 0 Å². The average Bonchev–Trinajstić information content (AvgIpc) is 0.953. The van der Waals surface area contributed by atoms with Crippen molar-refractivity contribution in [1.29, 1.82) is 0 Å². The van der Waals surface area contributed by atoms with E-state index in [1.807, 2.05) is 0 Å². The predicted molar refractivity (Wildman–Crippen MR) is 672 cm³/mol. The SMILES string of the molecule is O=N[O-].[Cl][Pt][Cl].[H-].[H-].[K+].[K+].[K][K].[K][K].[K][K].[K][K].[K][K].[K][K].[K][K].[K][K].[K][K].[K][K].[K][K].[K][K].[K][K].[K][K].[K][K].[K][K].[K][K].[K][K].[K][K].[K][K].[K][K].[K][K].[K][K].[K][K].[K][K].[K][K].[K][K].[K][K].[K][K].[K][K].[K][K].[K][K].[K][K].[K][K].[K][K].[K][K].[K][K].[K][K].[K][K].[K][K].[K][K].[K][K].[K][K].[K][K].[K][K].[K][K].[K][K].[K][K].[K][K].[K][K].[K][K].[K][K].[K][K].[NH-]C(CO)(CO)CO.[NH2-].[NH2-]. The molecule has 9 nitrogen and oxygen atoms in total. The molecule has 124 heavy (non-hydrogen) atoms. The number of nitrogens with one attached hydrogen (secondary N) is 1.